The van der Waals surface area contributed by atoms with Crippen LogP contribution in [0.2, 0.25) is 0 Å². The van der Waals surface area contributed by atoms with Gasteiger partial charge >= 0.3 is 0 Å². The first-order valence-electron chi connectivity index (χ1n) is 4.36. The molecule has 2 heterocycles. The van der Waals surface area contributed by atoms with Gasteiger partial charge in [0.15, 0.2) is 0 Å². The third-order valence-corrected chi connectivity index (χ3v) is 2.29. The molecule has 0 spiro atoms. The molecule has 0 bridgehead atoms. The second kappa shape index (κ2) is 3.49. The molecule has 2 atom stereocenters. The van der Waals surface area contributed by atoms with Gasteiger partial charge in [0.2, 0.25) is 0 Å². The minimum atomic E-state index is -0.616. The number of likely N-dealkylation sites (tertiary alicyclic amines) is 1. The van der Waals surface area contributed by atoms with Crippen molar-refractivity contribution in [1.29, 1.82) is 0 Å². The second-order valence-electron chi connectivity index (χ2n) is 3.41. The molecule has 0 saturated carbocycles. The first-order valence-corrected chi connectivity index (χ1v) is 4.36. The van der Waals surface area contributed by atoms with Crippen molar-refractivity contribution >= 4 is 0 Å². The van der Waals surface area contributed by atoms with E-state index in [9.17, 15) is 10.2 Å². The molecule has 0 radical (unpaired) electrons. The maximum Gasteiger partial charge on any atom is 0.117 e. The third-order valence-electron chi connectivity index (χ3n) is 2.29. The first-order chi connectivity index (χ1) is 6.25. The van der Waals surface area contributed by atoms with Crippen LogP contribution in [0.15, 0.2) is 22.8 Å². The van der Waals surface area contributed by atoms with Crippen molar-refractivity contribution in [2.45, 2.75) is 18.8 Å². The van der Waals surface area contributed by atoms with Gasteiger partial charge in [0.05, 0.1) is 25.0 Å². The Labute approximate surface area is 76.4 Å². The Balaban J connectivity index is 1.91. The summed E-state index contributed by atoms with van der Waals surface area (Å²) in [5.41, 5.74) is 0. The van der Waals surface area contributed by atoms with Crippen LogP contribution in [-0.4, -0.2) is 40.4 Å². The van der Waals surface area contributed by atoms with Crippen molar-refractivity contribution in [2.24, 2.45) is 0 Å². The molecule has 1 aliphatic heterocycles. The van der Waals surface area contributed by atoms with Gasteiger partial charge in [-0.3, -0.25) is 4.90 Å². The van der Waals surface area contributed by atoms with Crippen molar-refractivity contribution in [3.8, 4) is 0 Å². The predicted molar refractivity (Wildman–Crippen MR) is 46.0 cm³/mol. The maximum atomic E-state index is 9.27. The van der Waals surface area contributed by atoms with Gasteiger partial charge in [-0.25, -0.2) is 0 Å². The highest BCUT2D eigenvalue weighted by atomic mass is 16.3. The van der Waals surface area contributed by atoms with Crippen molar-refractivity contribution in [3.63, 3.8) is 0 Å². The third kappa shape index (κ3) is 1.91. The lowest BCUT2D eigenvalue weighted by atomic mass is 10.3. The van der Waals surface area contributed by atoms with Crippen LogP contribution < -0.4 is 0 Å². The fourth-order valence-electron chi connectivity index (χ4n) is 1.60. The second-order valence-corrected chi connectivity index (χ2v) is 3.41. The lowest BCUT2D eigenvalue weighted by Gasteiger charge is -2.11. The molecule has 1 aromatic rings. The number of nitrogens with zero attached hydrogens (tertiary/aromatic N) is 1. The van der Waals surface area contributed by atoms with Crippen molar-refractivity contribution in [3.05, 3.63) is 24.2 Å². The van der Waals surface area contributed by atoms with Crippen LogP contribution in [0.1, 0.15) is 5.76 Å². The normalized spacial score (nSPS) is 29.7. The fraction of sp³-hybridized carbons (Fsp3) is 0.556. The van der Waals surface area contributed by atoms with Crippen molar-refractivity contribution in [2.75, 3.05) is 13.1 Å². The number of furan rings is 1. The van der Waals surface area contributed by atoms with Gasteiger partial charge in [0.1, 0.15) is 5.76 Å². The predicted octanol–water partition coefficient (Wildman–Crippen LogP) is -0.183. The Morgan fingerprint density at radius 2 is 2.08 bits per heavy atom. The molecule has 0 aromatic carbocycles. The molecule has 0 unspecified atom stereocenters. The SMILES string of the molecule is O[C@@H]1CN(Cc2ccco2)C[C@@H]1O. The average Bonchev–Trinajstić information content (AvgIpc) is 2.64. The van der Waals surface area contributed by atoms with Crippen LogP contribution in [-0.2, 0) is 6.54 Å². The summed E-state index contributed by atoms with van der Waals surface area (Å²) < 4.78 is 5.16. The standard InChI is InChI=1S/C9H13NO3/c11-8-5-10(6-9(8)12)4-7-2-1-3-13-7/h1-3,8-9,11-12H,4-6H2/t8-,9+. The van der Waals surface area contributed by atoms with Gasteiger partial charge in [-0.1, -0.05) is 0 Å². The lowest BCUT2D eigenvalue weighted by Crippen LogP contribution is -2.22. The summed E-state index contributed by atoms with van der Waals surface area (Å²) in [6.45, 7) is 1.69. The number of hydrogen-bond acceptors (Lipinski definition) is 4. The van der Waals surface area contributed by atoms with E-state index in [-0.39, 0.29) is 0 Å². The molecule has 1 saturated heterocycles. The summed E-state index contributed by atoms with van der Waals surface area (Å²) in [4.78, 5) is 1.97. The maximum absolute atomic E-state index is 9.27. The van der Waals surface area contributed by atoms with Gasteiger partial charge in [-0.2, -0.15) is 0 Å². The molecule has 1 fully saturated rings. The highest BCUT2D eigenvalue weighted by molar-refractivity contribution is 4.99. The summed E-state index contributed by atoms with van der Waals surface area (Å²) in [5, 5.41) is 18.5. The van der Waals surface area contributed by atoms with E-state index in [0.717, 1.165) is 5.76 Å². The molecule has 2 rings (SSSR count). The zero-order valence-corrected chi connectivity index (χ0v) is 7.26. The summed E-state index contributed by atoms with van der Waals surface area (Å²) in [7, 11) is 0. The summed E-state index contributed by atoms with van der Waals surface area (Å²) in [5.74, 6) is 0.862. The molecule has 1 aromatic heterocycles. The molecule has 13 heavy (non-hydrogen) atoms. The number of rotatable bonds is 2. The molecule has 72 valence electrons. The summed E-state index contributed by atoms with van der Waals surface area (Å²) in [6.07, 6.45) is 0.392. The smallest absolute Gasteiger partial charge is 0.117 e. The summed E-state index contributed by atoms with van der Waals surface area (Å²) in [6, 6.07) is 3.72. The van der Waals surface area contributed by atoms with Crippen LogP contribution in [0.5, 0.6) is 0 Å². The summed E-state index contributed by atoms with van der Waals surface area (Å²) >= 11 is 0. The molecular formula is C9H13NO3. The molecule has 0 amide bonds. The van der Waals surface area contributed by atoms with Crippen LogP contribution in [0.4, 0.5) is 0 Å². The van der Waals surface area contributed by atoms with Gasteiger partial charge in [0, 0.05) is 13.1 Å². The van der Waals surface area contributed by atoms with Crippen molar-refractivity contribution in [1.82, 2.24) is 4.90 Å². The minimum Gasteiger partial charge on any atom is -0.468 e. The van der Waals surface area contributed by atoms with Gasteiger partial charge in [0.25, 0.3) is 0 Å². The van der Waals surface area contributed by atoms with E-state index in [4.69, 9.17) is 4.42 Å². The monoisotopic (exact) mass is 183 g/mol. The number of aliphatic hydroxyl groups excluding tert-OH is 2. The fourth-order valence-corrected chi connectivity index (χ4v) is 1.60. The Morgan fingerprint density at radius 1 is 1.38 bits per heavy atom. The number of aliphatic hydroxyl groups is 2. The van der Waals surface area contributed by atoms with Crippen molar-refractivity contribution < 1.29 is 14.6 Å². The molecule has 2 N–H and O–H groups in total. The van der Waals surface area contributed by atoms with E-state index in [1.807, 2.05) is 17.0 Å². The van der Waals surface area contributed by atoms with Gasteiger partial charge in [-0.05, 0) is 12.1 Å². The largest absolute Gasteiger partial charge is 0.468 e. The average molecular weight is 183 g/mol. The molecule has 0 aliphatic carbocycles. The molecular weight excluding hydrogens is 170 g/mol. The van der Waals surface area contributed by atoms with Crippen LogP contribution >= 0.6 is 0 Å². The highest BCUT2D eigenvalue weighted by Crippen LogP contribution is 2.13. The minimum absolute atomic E-state index is 0.516. The van der Waals surface area contributed by atoms with Gasteiger partial charge < -0.3 is 14.6 Å². The highest BCUT2D eigenvalue weighted by Gasteiger charge is 2.29. The molecule has 4 heteroatoms. The van der Waals surface area contributed by atoms with E-state index < -0.39 is 12.2 Å². The first kappa shape index (κ1) is 8.74. The number of hydrogen-bond donors (Lipinski definition) is 2. The van der Waals surface area contributed by atoms with E-state index in [1.165, 1.54) is 0 Å². The van der Waals surface area contributed by atoms with E-state index in [1.54, 1.807) is 6.26 Å². The van der Waals surface area contributed by atoms with Crippen LogP contribution in [0.25, 0.3) is 0 Å². The Kier molecular flexibility index (Phi) is 2.35. The Morgan fingerprint density at radius 3 is 2.62 bits per heavy atom. The quantitative estimate of drug-likeness (QED) is 0.667. The zero-order chi connectivity index (χ0) is 9.26. The topological polar surface area (TPSA) is 56.8 Å². The zero-order valence-electron chi connectivity index (χ0n) is 7.26. The Bertz CT molecular complexity index is 250. The molecule has 4 nitrogen and oxygen atoms in total. The van der Waals surface area contributed by atoms with Crippen LogP contribution in [0, 0.1) is 0 Å². The lowest BCUT2D eigenvalue weighted by molar-refractivity contribution is 0.0572. The van der Waals surface area contributed by atoms with Crippen LogP contribution in [0.3, 0.4) is 0 Å². The molecule has 1 aliphatic rings. The van der Waals surface area contributed by atoms with E-state index >= 15 is 0 Å². The Hall–Kier alpha value is -0.840. The van der Waals surface area contributed by atoms with Gasteiger partial charge in [-0.15, -0.1) is 0 Å². The number of β-amino-alcohol motifs (C(OH)–C–C–N with tert-alkyl or cyclic N) is 2. The van der Waals surface area contributed by atoms with E-state index in [0.29, 0.717) is 19.6 Å². The van der Waals surface area contributed by atoms with E-state index in [2.05, 4.69) is 0 Å².